The van der Waals surface area contributed by atoms with Gasteiger partial charge in [-0.25, -0.2) is 4.79 Å². The summed E-state index contributed by atoms with van der Waals surface area (Å²) in [6, 6.07) is -0.997. The maximum absolute atomic E-state index is 14.5. The zero-order chi connectivity index (χ0) is 48.1. The molecule has 0 aromatic rings. The van der Waals surface area contributed by atoms with Crippen LogP contribution in [0.3, 0.4) is 0 Å². The average Bonchev–Trinajstić information content (AvgIpc) is 3.23. The molecule has 0 aromatic carbocycles. The van der Waals surface area contributed by atoms with Crippen LogP contribution >= 0.6 is 0 Å². The molecule has 3 aliphatic rings. The number of rotatable bonds is 17. The van der Waals surface area contributed by atoms with E-state index in [0.717, 1.165) is 25.7 Å². The number of esters is 1. The van der Waals surface area contributed by atoms with E-state index in [0.29, 0.717) is 32.5 Å². The summed E-state index contributed by atoms with van der Waals surface area (Å²) in [5, 5.41) is 65.2. The molecule has 2 amide bonds. The molecule has 0 bridgehead atoms. The van der Waals surface area contributed by atoms with Crippen LogP contribution in [0.5, 0.6) is 0 Å². The molecule has 1 saturated carbocycles. The van der Waals surface area contributed by atoms with Crippen LogP contribution < -0.4 is 10.6 Å². The molecule has 17 atom stereocenters. The van der Waals surface area contributed by atoms with Crippen molar-refractivity contribution in [3.63, 3.8) is 0 Å². The largest absolute Gasteiger partial charge is 0.459 e. The third kappa shape index (κ3) is 16.2. The van der Waals surface area contributed by atoms with Crippen LogP contribution in [0.15, 0.2) is 0 Å². The van der Waals surface area contributed by atoms with Gasteiger partial charge < -0.3 is 69.5 Å². The minimum atomic E-state index is -1.90. The molecule has 376 valence electrons. The topological polar surface area (TPSA) is 221 Å². The number of aliphatic hydroxyl groups is 5. The van der Waals surface area contributed by atoms with Gasteiger partial charge in [0.15, 0.2) is 12.6 Å². The van der Waals surface area contributed by atoms with Gasteiger partial charge in [0.05, 0.1) is 48.6 Å². The molecule has 3 fully saturated rings. The van der Waals surface area contributed by atoms with Crippen molar-refractivity contribution in [2.45, 2.75) is 224 Å². The number of ether oxygens (including phenoxy) is 6. The maximum Gasteiger partial charge on any atom is 0.315 e. The van der Waals surface area contributed by atoms with Crippen LogP contribution in [0, 0.1) is 17.8 Å². The number of nitrogens with one attached hydrogen (secondary N) is 2. The van der Waals surface area contributed by atoms with Crippen molar-refractivity contribution in [1.29, 1.82) is 0 Å². The summed E-state index contributed by atoms with van der Waals surface area (Å²) in [4.78, 5) is 31.3. The van der Waals surface area contributed by atoms with Crippen LogP contribution in [-0.2, 0) is 33.2 Å². The smallest absolute Gasteiger partial charge is 0.315 e. The van der Waals surface area contributed by atoms with Gasteiger partial charge in [-0.3, -0.25) is 9.69 Å². The molecule has 2 aliphatic heterocycles. The lowest BCUT2D eigenvalue weighted by atomic mass is 9.77. The molecule has 0 spiro atoms. The molecule has 17 nitrogen and oxygen atoms in total. The molecule has 3 rings (SSSR count). The Hall–Kier alpha value is -1.74. The minimum absolute atomic E-state index is 0.168. The van der Waals surface area contributed by atoms with Gasteiger partial charge in [-0.2, -0.15) is 0 Å². The molecular formula is C47H90N4O13. The number of urea groups is 1. The monoisotopic (exact) mass is 919 g/mol. The molecular weight excluding hydrogens is 829 g/mol. The van der Waals surface area contributed by atoms with E-state index in [4.69, 9.17) is 28.4 Å². The fourth-order valence-electron chi connectivity index (χ4n) is 10.0. The number of cyclic esters (lactones) is 1. The SMILES string of the molecule is CC[C@H]1OC(=O)[C@H](C)[C@@H](O[C@@H](CCOC)O[C@@H](C)[C@@H](C)O)[C@H](C)[C@@H](O[C@@H]2O[C@H](C)C[C@H](N(C)C)[C@H]2O)[C@](C)(O)C[C@@H](C)CN(CCCNC(=O)NC2CCCCC2)[C@H](C)[C@@H](O)[C@]1(C)O. The minimum Gasteiger partial charge on any atom is -0.459 e. The van der Waals surface area contributed by atoms with Gasteiger partial charge in [-0.1, -0.05) is 40.0 Å². The van der Waals surface area contributed by atoms with Gasteiger partial charge in [-0.15, -0.1) is 0 Å². The summed E-state index contributed by atoms with van der Waals surface area (Å²) in [5.74, 6) is -2.82. The van der Waals surface area contributed by atoms with Gasteiger partial charge >= 0.3 is 12.0 Å². The molecule has 0 aromatic heterocycles. The summed E-state index contributed by atoms with van der Waals surface area (Å²) in [6.07, 6.45) is -2.70. The summed E-state index contributed by atoms with van der Waals surface area (Å²) >= 11 is 0. The highest BCUT2D eigenvalue weighted by Crippen LogP contribution is 2.38. The quantitative estimate of drug-likeness (QED) is 0.0631. The summed E-state index contributed by atoms with van der Waals surface area (Å²) < 4.78 is 37.6. The first-order valence-electron chi connectivity index (χ1n) is 24.2. The van der Waals surface area contributed by atoms with E-state index in [2.05, 4.69) is 10.6 Å². The maximum atomic E-state index is 14.5. The van der Waals surface area contributed by atoms with Gasteiger partial charge in [0.1, 0.15) is 23.9 Å². The molecule has 2 heterocycles. The molecule has 64 heavy (non-hydrogen) atoms. The standard InChI is InChI=1S/C47H90N4O13/c1-14-37-47(10,58)41(54)32(6)51(23-18-22-48-45(56)49-35-19-16-15-17-20-35)27-28(2)26-46(9,57)42(64-44-39(53)36(50(11)12)25-29(3)60-44)30(4)40(31(5)43(55)62-37)63-38(21-24-59-13)61-34(8)33(7)52/h28-42,44,52-54,57-58H,14-27H2,1-13H3,(H2,48,49,56)/t28-,29-,30+,31-,32-,33-,34+,36+,37-,38+,39-,40+,41-,42-,44+,46-,47-/m1/s1. The van der Waals surface area contributed by atoms with Crippen LogP contribution in [-0.4, -0.2) is 186 Å². The van der Waals surface area contributed by atoms with E-state index in [-0.39, 0.29) is 56.0 Å². The molecule has 2 saturated heterocycles. The van der Waals surface area contributed by atoms with Gasteiger partial charge in [0, 0.05) is 57.2 Å². The summed E-state index contributed by atoms with van der Waals surface area (Å²) in [7, 11) is 5.31. The Kier molecular flexibility index (Phi) is 23.1. The molecule has 7 N–H and O–H groups in total. The van der Waals surface area contributed by atoms with Crippen LogP contribution in [0.2, 0.25) is 0 Å². The Bertz CT molecular complexity index is 1370. The van der Waals surface area contributed by atoms with Crippen molar-refractivity contribution in [3.8, 4) is 0 Å². The molecule has 0 radical (unpaired) electrons. The lowest BCUT2D eigenvalue weighted by Crippen LogP contribution is -2.59. The Morgan fingerprint density at radius 1 is 1.05 bits per heavy atom. The van der Waals surface area contributed by atoms with Crippen LogP contribution in [0.25, 0.3) is 0 Å². The van der Waals surface area contributed by atoms with Crippen molar-refractivity contribution in [2.75, 3.05) is 47.4 Å². The van der Waals surface area contributed by atoms with E-state index in [1.54, 1.807) is 41.7 Å². The first kappa shape index (κ1) is 56.6. The number of hydrogen-bond donors (Lipinski definition) is 7. The van der Waals surface area contributed by atoms with Gasteiger partial charge in [-0.05, 0) is 107 Å². The third-order valence-electron chi connectivity index (χ3n) is 14.0. The number of methoxy groups -OCH3 is 1. The second kappa shape index (κ2) is 26.1. The van der Waals surface area contributed by atoms with Crippen molar-refractivity contribution in [1.82, 2.24) is 20.4 Å². The van der Waals surface area contributed by atoms with E-state index >= 15 is 0 Å². The Morgan fingerprint density at radius 3 is 2.30 bits per heavy atom. The highest BCUT2D eigenvalue weighted by Gasteiger charge is 2.51. The number of hydrogen-bond acceptors (Lipinski definition) is 15. The second-order valence-electron chi connectivity index (χ2n) is 20.2. The van der Waals surface area contributed by atoms with Crippen LogP contribution in [0.4, 0.5) is 4.79 Å². The Balaban J connectivity index is 2.10. The number of carbonyl (C=O) groups is 2. The molecule has 1 aliphatic carbocycles. The first-order chi connectivity index (χ1) is 29.9. The predicted octanol–water partition coefficient (Wildman–Crippen LogP) is 3.54. The highest BCUT2D eigenvalue weighted by atomic mass is 16.7. The molecule has 17 heteroatoms. The first-order valence-corrected chi connectivity index (χ1v) is 24.2. The summed E-state index contributed by atoms with van der Waals surface area (Å²) in [5.41, 5.74) is -3.53. The lowest BCUT2D eigenvalue weighted by molar-refractivity contribution is -0.306. The van der Waals surface area contributed by atoms with Gasteiger partial charge in [0.25, 0.3) is 0 Å². The van der Waals surface area contributed by atoms with Crippen LogP contribution in [0.1, 0.15) is 133 Å². The van der Waals surface area contributed by atoms with E-state index in [1.807, 2.05) is 51.6 Å². The van der Waals surface area contributed by atoms with E-state index in [1.165, 1.54) is 13.3 Å². The fourth-order valence-corrected chi connectivity index (χ4v) is 10.0. The number of amides is 2. The number of aliphatic hydroxyl groups excluding tert-OH is 3. The van der Waals surface area contributed by atoms with Crippen molar-refractivity contribution < 1.29 is 63.5 Å². The van der Waals surface area contributed by atoms with Gasteiger partial charge in [0.2, 0.25) is 0 Å². The summed E-state index contributed by atoms with van der Waals surface area (Å²) in [6.45, 7) is 18.8. The number of nitrogens with zero attached hydrogens (tertiary/aromatic N) is 2. The Morgan fingerprint density at radius 2 is 1.70 bits per heavy atom. The van der Waals surface area contributed by atoms with Crippen molar-refractivity contribution in [2.24, 2.45) is 17.8 Å². The van der Waals surface area contributed by atoms with E-state index in [9.17, 15) is 35.1 Å². The van der Waals surface area contributed by atoms with E-state index < -0.39 is 90.4 Å². The normalized spacial score (nSPS) is 38.4. The number of carbonyl (C=O) groups excluding carboxylic acids is 2. The third-order valence-corrected chi connectivity index (χ3v) is 14.0. The second-order valence-corrected chi connectivity index (χ2v) is 20.2. The predicted molar refractivity (Wildman–Crippen MR) is 243 cm³/mol. The van der Waals surface area contributed by atoms with Crippen molar-refractivity contribution >= 4 is 12.0 Å². The zero-order valence-corrected chi connectivity index (χ0v) is 41.5. The Labute approximate surface area is 384 Å². The average molecular weight is 919 g/mol. The lowest BCUT2D eigenvalue weighted by Gasteiger charge is -2.47. The zero-order valence-electron chi connectivity index (χ0n) is 41.5. The fraction of sp³-hybridized carbons (Fsp3) is 0.957. The number of likely N-dealkylation sites (N-methyl/N-ethyl adjacent to an activating group) is 1. The highest BCUT2D eigenvalue weighted by molar-refractivity contribution is 5.74. The molecule has 0 unspecified atom stereocenters. The van der Waals surface area contributed by atoms with Crippen molar-refractivity contribution in [3.05, 3.63) is 0 Å².